The van der Waals surface area contributed by atoms with Crippen LogP contribution in [0.2, 0.25) is 0 Å². The van der Waals surface area contributed by atoms with Gasteiger partial charge in [-0.25, -0.2) is 0 Å². The van der Waals surface area contributed by atoms with Gasteiger partial charge in [0.05, 0.1) is 24.0 Å². The molecule has 29 heavy (non-hydrogen) atoms. The third-order valence-electron chi connectivity index (χ3n) is 4.54. The zero-order valence-corrected chi connectivity index (χ0v) is 15.9. The smallest absolute Gasteiger partial charge is 0.260 e. The van der Waals surface area contributed by atoms with Crippen LogP contribution in [0, 0.1) is 0 Å². The van der Waals surface area contributed by atoms with Gasteiger partial charge in [0.1, 0.15) is 0 Å². The van der Waals surface area contributed by atoms with Crippen molar-refractivity contribution >= 4 is 23.0 Å². The number of pyridine rings is 1. The summed E-state index contributed by atoms with van der Waals surface area (Å²) < 4.78 is 0. The van der Waals surface area contributed by atoms with Crippen molar-refractivity contribution in [3.63, 3.8) is 0 Å². The Kier molecular flexibility index (Phi) is 5.63. The SMILES string of the molecule is O=C(c1cncc(Nc2ccccc2)c1)N(Cc1ccccc1)c1ccccc1. The summed E-state index contributed by atoms with van der Waals surface area (Å²) in [5, 5.41) is 3.29. The molecule has 4 heteroatoms. The fraction of sp³-hybridized carbons (Fsp3) is 0.0400. The largest absolute Gasteiger partial charge is 0.354 e. The molecule has 1 heterocycles. The van der Waals surface area contributed by atoms with Crippen molar-refractivity contribution < 1.29 is 4.79 Å². The summed E-state index contributed by atoms with van der Waals surface area (Å²) in [4.78, 5) is 19.5. The van der Waals surface area contributed by atoms with Gasteiger partial charge in [0.2, 0.25) is 0 Å². The van der Waals surface area contributed by atoms with Crippen molar-refractivity contribution in [2.75, 3.05) is 10.2 Å². The summed E-state index contributed by atoms with van der Waals surface area (Å²) in [6.45, 7) is 0.486. The van der Waals surface area contributed by atoms with E-state index in [4.69, 9.17) is 0 Å². The van der Waals surface area contributed by atoms with Gasteiger partial charge in [0, 0.05) is 17.6 Å². The first-order chi connectivity index (χ1) is 14.3. The Balaban J connectivity index is 1.63. The molecule has 0 aliphatic rings. The van der Waals surface area contributed by atoms with Crippen molar-refractivity contribution in [2.45, 2.75) is 6.54 Å². The molecule has 0 saturated heterocycles. The highest BCUT2D eigenvalue weighted by Crippen LogP contribution is 2.22. The molecule has 0 fully saturated rings. The monoisotopic (exact) mass is 379 g/mol. The van der Waals surface area contributed by atoms with Gasteiger partial charge < -0.3 is 10.2 Å². The molecule has 0 radical (unpaired) electrons. The summed E-state index contributed by atoms with van der Waals surface area (Å²) in [6.07, 6.45) is 3.33. The van der Waals surface area contributed by atoms with Gasteiger partial charge in [-0.3, -0.25) is 9.78 Å². The number of rotatable bonds is 6. The molecule has 0 bridgehead atoms. The number of nitrogens with zero attached hydrogens (tertiary/aromatic N) is 2. The fourth-order valence-electron chi connectivity index (χ4n) is 3.12. The lowest BCUT2D eigenvalue weighted by molar-refractivity contribution is 0.0985. The van der Waals surface area contributed by atoms with Gasteiger partial charge in [-0.05, 0) is 35.9 Å². The average Bonchev–Trinajstić information content (AvgIpc) is 2.79. The van der Waals surface area contributed by atoms with Crippen LogP contribution < -0.4 is 10.2 Å². The molecule has 0 unspecified atom stereocenters. The maximum atomic E-state index is 13.4. The normalized spacial score (nSPS) is 10.3. The topological polar surface area (TPSA) is 45.2 Å². The van der Waals surface area contributed by atoms with E-state index in [9.17, 15) is 4.79 Å². The number of hydrogen-bond donors (Lipinski definition) is 1. The van der Waals surface area contributed by atoms with Gasteiger partial charge >= 0.3 is 0 Å². The van der Waals surface area contributed by atoms with E-state index >= 15 is 0 Å². The fourth-order valence-corrected chi connectivity index (χ4v) is 3.12. The van der Waals surface area contributed by atoms with Gasteiger partial charge in [-0.15, -0.1) is 0 Å². The van der Waals surface area contributed by atoms with Gasteiger partial charge in [0.25, 0.3) is 5.91 Å². The quantitative estimate of drug-likeness (QED) is 0.469. The van der Waals surface area contributed by atoms with Gasteiger partial charge in [-0.1, -0.05) is 66.7 Å². The van der Waals surface area contributed by atoms with Crippen LogP contribution in [0.25, 0.3) is 0 Å². The van der Waals surface area contributed by atoms with Crippen molar-refractivity contribution in [1.82, 2.24) is 4.98 Å². The third kappa shape index (κ3) is 4.68. The highest BCUT2D eigenvalue weighted by atomic mass is 16.2. The highest BCUT2D eigenvalue weighted by Gasteiger charge is 2.19. The Bertz CT molecular complexity index is 1070. The van der Waals surface area contributed by atoms with E-state index < -0.39 is 0 Å². The van der Waals surface area contributed by atoms with Gasteiger partial charge in [0.15, 0.2) is 0 Å². The van der Waals surface area contributed by atoms with Crippen molar-refractivity contribution in [1.29, 1.82) is 0 Å². The minimum absolute atomic E-state index is 0.0933. The molecule has 1 aromatic heterocycles. The highest BCUT2D eigenvalue weighted by molar-refractivity contribution is 6.06. The first-order valence-corrected chi connectivity index (χ1v) is 9.47. The number of anilines is 3. The second kappa shape index (κ2) is 8.85. The minimum atomic E-state index is -0.0933. The molecular formula is C25H21N3O. The number of hydrogen-bond acceptors (Lipinski definition) is 3. The number of carbonyl (C=O) groups excluding carboxylic acids is 1. The summed E-state index contributed by atoms with van der Waals surface area (Å²) in [6, 6.07) is 31.4. The number of para-hydroxylation sites is 2. The van der Waals surface area contributed by atoms with Gasteiger partial charge in [-0.2, -0.15) is 0 Å². The van der Waals surface area contributed by atoms with E-state index in [0.29, 0.717) is 12.1 Å². The predicted molar refractivity (Wildman–Crippen MR) is 117 cm³/mol. The van der Waals surface area contributed by atoms with E-state index in [1.165, 1.54) is 0 Å². The van der Waals surface area contributed by atoms with E-state index in [1.54, 1.807) is 17.3 Å². The van der Waals surface area contributed by atoms with Crippen LogP contribution in [-0.4, -0.2) is 10.9 Å². The first-order valence-electron chi connectivity index (χ1n) is 9.47. The number of carbonyl (C=O) groups is 1. The Morgan fingerprint density at radius 2 is 1.38 bits per heavy atom. The number of aromatic nitrogens is 1. The predicted octanol–water partition coefficient (Wildman–Crippen LogP) is 5.67. The molecule has 1 amide bonds. The molecule has 142 valence electrons. The average molecular weight is 379 g/mol. The van der Waals surface area contributed by atoms with Crippen LogP contribution in [0.15, 0.2) is 109 Å². The molecule has 0 aliphatic heterocycles. The number of benzene rings is 3. The zero-order valence-electron chi connectivity index (χ0n) is 15.9. The standard InChI is InChI=1S/C25H21N3O/c29-25(21-16-23(18-26-17-21)27-22-12-6-2-7-13-22)28(24-14-8-3-9-15-24)19-20-10-4-1-5-11-20/h1-18,27H,19H2. The van der Waals surface area contributed by atoms with Crippen LogP contribution in [0.3, 0.4) is 0 Å². The lowest BCUT2D eigenvalue weighted by Gasteiger charge is -2.23. The third-order valence-corrected chi connectivity index (χ3v) is 4.54. The lowest BCUT2D eigenvalue weighted by Crippen LogP contribution is -2.30. The molecule has 4 nitrogen and oxygen atoms in total. The maximum Gasteiger partial charge on any atom is 0.260 e. The lowest BCUT2D eigenvalue weighted by atomic mass is 10.1. The summed E-state index contributed by atoms with van der Waals surface area (Å²) in [7, 11) is 0. The molecule has 1 N–H and O–H groups in total. The van der Waals surface area contributed by atoms with E-state index in [0.717, 1.165) is 22.6 Å². The molecule has 0 spiro atoms. The van der Waals surface area contributed by atoms with Crippen LogP contribution in [0.1, 0.15) is 15.9 Å². The Hall–Kier alpha value is -3.92. The molecule has 0 aliphatic carbocycles. The van der Waals surface area contributed by atoms with Crippen molar-refractivity contribution in [3.05, 3.63) is 121 Å². The Morgan fingerprint density at radius 1 is 0.759 bits per heavy atom. The maximum absolute atomic E-state index is 13.4. The zero-order chi connectivity index (χ0) is 19.9. The Labute approximate surface area is 170 Å². The van der Waals surface area contributed by atoms with E-state index in [1.807, 2.05) is 97.1 Å². The molecule has 4 rings (SSSR count). The minimum Gasteiger partial charge on any atom is -0.354 e. The van der Waals surface area contributed by atoms with Crippen LogP contribution >= 0.6 is 0 Å². The van der Waals surface area contributed by atoms with E-state index in [2.05, 4.69) is 10.3 Å². The molecular weight excluding hydrogens is 358 g/mol. The van der Waals surface area contributed by atoms with Crippen LogP contribution in [-0.2, 0) is 6.54 Å². The first kappa shape index (κ1) is 18.4. The summed E-state index contributed by atoms with van der Waals surface area (Å²) in [5.41, 5.74) is 4.17. The molecule has 4 aromatic rings. The summed E-state index contributed by atoms with van der Waals surface area (Å²) in [5.74, 6) is -0.0933. The van der Waals surface area contributed by atoms with Crippen LogP contribution in [0.4, 0.5) is 17.1 Å². The second-order valence-electron chi connectivity index (χ2n) is 6.67. The summed E-state index contributed by atoms with van der Waals surface area (Å²) >= 11 is 0. The second-order valence-corrected chi connectivity index (χ2v) is 6.67. The Morgan fingerprint density at radius 3 is 2.07 bits per heavy atom. The number of nitrogens with one attached hydrogen (secondary N) is 1. The molecule has 0 saturated carbocycles. The van der Waals surface area contributed by atoms with Crippen molar-refractivity contribution in [3.8, 4) is 0 Å². The van der Waals surface area contributed by atoms with E-state index in [-0.39, 0.29) is 5.91 Å². The van der Waals surface area contributed by atoms with Crippen LogP contribution in [0.5, 0.6) is 0 Å². The van der Waals surface area contributed by atoms with Crippen molar-refractivity contribution in [2.24, 2.45) is 0 Å². The number of amides is 1. The molecule has 0 atom stereocenters. The molecule has 3 aromatic carbocycles.